The van der Waals surface area contributed by atoms with Crippen molar-refractivity contribution in [3.05, 3.63) is 53.6 Å². The number of carbonyl (C=O) groups excluding carboxylic acids is 2. The molecule has 0 aliphatic rings. The highest BCUT2D eigenvalue weighted by molar-refractivity contribution is 5.99. The molecule has 0 heterocycles. The van der Waals surface area contributed by atoms with Gasteiger partial charge in [0.05, 0.1) is 19.8 Å². The Morgan fingerprint density at radius 1 is 0.913 bits per heavy atom. The molecule has 0 unspecified atom stereocenters. The Kier molecular flexibility index (Phi) is 5.19. The van der Waals surface area contributed by atoms with Crippen molar-refractivity contribution >= 4 is 17.4 Å². The van der Waals surface area contributed by atoms with Crippen LogP contribution in [0.3, 0.4) is 0 Å². The molecule has 6 nitrogen and oxygen atoms in total. The second-order valence-corrected chi connectivity index (χ2v) is 4.69. The number of ether oxygens (including phenoxy) is 3. The molecule has 0 aliphatic heterocycles. The maximum atomic E-state index is 12.1. The van der Waals surface area contributed by atoms with Gasteiger partial charge in [-0.15, -0.1) is 0 Å². The highest BCUT2D eigenvalue weighted by atomic mass is 16.5. The summed E-state index contributed by atoms with van der Waals surface area (Å²) in [6, 6.07) is 11.0. The van der Waals surface area contributed by atoms with E-state index in [1.165, 1.54) is 20.3 Å². The summed E-state index contributed by atoms with van der Waals surface area (Å²) < 4.78 is 15.3. The molecule has 2 rings (SSSR count). The first kappa shape index (κ1) is 16.4. The SMILES string of the molecule is COc1ccc(C(=O)COC(=O)c2ccc(N)cc2)cc1OC. The molecule has 6 heteroatoms. The standard InChI is InChI=1S/C17H17NO5/c1-21-15-8-5-12(9-16(15)22-2)14(19)10-23-17(20)11-3-6-13(18)7-4-11/h3-9H,10,18H2,1-2H3. The molecule has 23 heavy (non-hydrogen) atoms. The lowest BCUT2D eigenvalue weighted by atomic mass is 10.1. The van der Waals surface area contributed by atoms with E-state index in [-0.39, 0.29) is 12.4 Å². The second-order valence-electron chi connectivity index (χ2n) is 4.69. The lowest BCUT2D eigenvalue weighted by molar-refractivity contribution is 0.0474. The Hall–Kier alpha value is -3.02. The summed E-state index contributed by atoms with van der Waals surface area (Å²) in [5, 5.41) is 0. The maximum absolute atomic E-state index is 12.1. The van der Waals surface area contributed by atoms with Gasteiger partial charge in [-0.1, -0.05) is 0 Å². The van der Waals surface area contributed by atoms with Gasteiger partial charge in [0.2, 0.25) is 0 Å². The van der Waals surface area contributed by atoms with E-state index in [4.69, 9.17) is 19.9 Å². The van der Waals surface area contributed by atoms with Crippen LogP contribution in [0.25, 0.3) is 0 Å². The minimum Gasteiger partial charge on any atom is -0.493 e. The predicted octanol–water partition coefficient (Wildman–Crippen LogP) is 2.33. The molecule has 2 N–H and O–H groups in total. The minimum atomic E-state index is -0.584. The number of hydrogen-bond donors (Lipinski definition) is 1. The normalized spacial score (nSPS) is 10.0. The van der Waals surface area contributed by atoms with E-state index in [1.54, 1.807) is 36.4 Å². The van der Waals surface area contributed by atoms with E-state index in [1.807, 2.05) is 0 Å². The van der Waals surface area contributed by atoms with Gasteiger partial charge in [-0.3, -0.25) is 4.79 Å². The van der Waals surface area contributed by atoms with Gasteiger partial charge < -0.3 is 19.9 Å². The minimum absolute atomic E-state index is 0.333. The van der Waals surface area contributed by atoms with Crippen LogP contribution in [0.4, 0.5) is 5.69 Å². The molecule has 0 saturated carbocycles. The number of nitrogen functional groups attached to an aromatic ring is 1. The number of benzene rings is 2. The molecule has 0 aliphatic carbocycles. The maximum Gasteiger partial charge on any atom is 0.338 e. The van der Waals surface area contributed by atoms with Crippen molar-refractivity contribution in [1.29, 1.82) is 0 Å². The first-order chi connectivity index (χ1) is 11.0. The Balaban J connectivity index is 2.02. The van der Waals surface area contributed by atoms with Gasteiger partial charge in [0.15, 0.2) is 23.9 Å². The molecular formula is C17H17NO5. The molecule has 0 radical (unpaired) electrons. The third-order valence-corrected chi connectivity index (χ3v) is 3.19. The molecule has 120 valence electrons. The first-order valence-electron chi connectivity index (χ1n) is 6.83. The molecular weight excluding hydrogens is 298 g/mol. The highest BCUT2D eigenvalue weighted by Crippen LogP contribution is 2.27. The number of nitrogens with two attached hydrogens (primary N) is 1. The monoisotopic (exact) mass is 315 g/mol. The molecule has 0 saturated heterocycles. The van der Waals surface area contributed by atoms with Crippen LogP contribution in [-0.2, 0) is 4.74 Å². The molecule has 0 fully saturated rings. The van der Waals surface area contributed by atoms with E-state index in [2.05, 4.69) is 0 Å². The van der Waals surface area contributed by atoms with E-state index in [9.17, 15) is 9.59 Å². The summed E-state index contributed by atoms with van der Waals surface area (Å²) in [5.74, 6) is 0.0275. The van der Waals surface area contributed by atoms with Crippen LogP contribution < -0.4 is 15.2 Å². The summed E-state index contributed by atoms with van der Waals surface area (Å²) in [7, 11) is 2.99. The largest absolute Gasteiger partial charge is 0.493 e. The quantitative estimate of drug-likeness (QED) is 0.500. The number of hydrogen-bond acceptors (Lipinski definition) is 6. The Morgan fingerprint density at radius 2 is 1.52 bits per heavy atom. The van der Waals surface area contributed by atoms with Gasteiger partial charge in [-0.25, -0.2) is 4.79 Å². The van der Waals surface area contributed by atoms with Gasteiger partial charge in [0, 0.05) is 11.3 Å². The van der Waals surface area contributed by atoms with Crippen molar-refractivity contribution in [1.82, 2.24) is 0 Å². The zero-order valence-corrected chi connectivity index (χ0v) is 12.9. The fourth-order valence-corrected chi connectivity index (χ4v) is 1.93. The molecule has 2 aromatic carbocycles. The van der Waals surface area contributed by atoms with Crippen molar-refractivity contribution in [3.8, 4) is 11.5 Å². The third kappa shape index (κ3) is 4.00. The molecule has 0 bridgehead atoms. The summed E-state index contributed by atoms with van der Waals surface area (Å²) >= 11 is 0. The van der Waals surface area contributed by atoms with Crippen LogP contribution in [0.5, 0.6) is 11.5 Å². The Labute approximate surface area is 133 Å². The molecule has 0 aromatic heterocycles. The highest BCUT2D eigenvalue weighted by Gasteiger charge is 2.14. The topological polar surface area (TPSA) is 87.9 Å². The summed E-state index contributed by atoms with van der Waals surface area (Å²) in [5.41, 5.74) is 6.79. The fourth-order valence-electron chi connectivity index (χ4n) is 1.93. The number of ketones is 1. The first-order valence-corrected chi connectivity index (χ1v) is 6.83. The van der Waals surface area contributed by atoms with Crippen LogP contribution in [0.2, 0.25) is 0 Å². The van der Waals surface area contributed by atoms with Crippen molar-refractivity contribution in [2.45, 2.75) is 0 Å². The van der Waals surface area contributed by atoms with Crippen molar-refractivity contribution in [2.24, 2.45) is 0 Å². The number of esters is 1. The summed E-state index contributed by atoms with van der Waals surface area (Å²) in [6.45, 7) is -0.362. The van der Waals surface area contributed by atoms with Gasteiger partial charge in [0.1, 0.15) is 0 Å². The van der Waals surface area contributed by atoms with Crippen LogP contribution in [0, 0.1) is 0 Å². The molecule has 2 aromatic rings. The summed E-state index contributed by atoms with van der Waals surface area (Å²) in [4.78, 5) is 24.0. The van der Waals surface area contributed by atoms with E-state index >= 15 is 0 Å². The van der Waals surface area contributed by atoms with Crippen molar-refractivity contribution in [2.75, 3.05) is 26.6 Å². The van der Waals surface area contributed by atoms with Crippen LogP contribution in [0.15, 0.2) is 42.5 Å². The summed E-state index contributed by atoms with van der Waals surface area (Å²) in [6.07, 6.45) is 0. The van der Waals surface area contributed by atoms with Gasteiger partial charge >= 0.3 is 5.97 Å². The van der Waals surface area contributed by atoms with Gasteiger partial charge in [-0.2, -0.15) is 0 Å². The zero-order chi connectivity index (χ0) is 16.8. The third-order valence-electron chi connectivity index (χ3n) is 3.19. The molecule has 0 amide bonds. The van der Waals surface area contributed by atoms with Gasteiger partial charge in [0.25, 0.3) is 0 Å². The van der Waals surface area contributed by atoms with Crippen LogP contribution in [-0.4, -0.2) is 32.6 Å². The van der Waals surface area contributed by atoms with Gasteiger partial charge in [-0.05, 0) is 42.5 Å². The van der Waals surface area contributed by atoms with Crippen molar-refractivity contribution < 1.29 is 23.8 Å². The number of rotatable bonds is 6. The number of anilines is 1. The van der Waals surface area contributed by atoms with E-state index in [0.29, 0.717) is 28.3 Å². The Morgan fingerprint density at radius 3 is 2.13 bits per heavy atom. The zero-order valence-electron chi connectivity index (χ0n) is 12.9. The van der Waals surface area contributed by atoms with Crippen molar-refractivity contribution in [3.63, 3.8) is 0 Å². The number of methoxy groups -OCH3 is 2. The number of Topliss-reactive ketones (excluding diaryl/α,β-unsaturated/α-hetero) is 1. The lowest BCUT2D eigenvalue weighted by Gasteiger charge is -2.09. The van der Waals surface area contributed by atoms with Crippen LogP contribution >= 0.6 is 0 Å². The molecule has 0 spiro atoms. The fraction of sp³-hybridized carbons (Fsp3) is 0.176. The average Bonchev–Trinajstić information content (AvgIpc) is 2.59. The Bertz CT molecular complexity index is 709. The van der Waals surface area contributed by atoms with E-state index in [0.717, 1.165) is 0 Å². The van der Waals surface area contributed by atoms with Crippen LogP contribution in [0.1, 0.15) is 20.7 Å². The lowest BCUT2D eigenvalue weighted by Crippen LogP contribution is -2.14. The predicted molar refractivity (Wildman–Crippen MR) is 85.0 cm³/mol. The second kappa shape index (κ2) is 7.31. The van der Waals surface area contributed by atoms with E-state index < -0.39 is 5.97 Å². The number of carbonyl (C=O) groups is 2. The average molecular weight is 315 g/mol. The molecule has 0 atom stereocenters. The smallest absolute Gasteiger partial charge is 0.338 e.